The Morgan fingerprint density at radius 2 is 1.43 bits per heavy atom. The summed E-state index contributed by atoms with van der Waals surface area (Å²) in [7, 11) is 0. The highest BCUT2D eigenvalue weighted by Gasteiger charge is 2.22. The monoisotopic (exact) mass is 400 g/mol. The number of unbranched alkanes of at least 4 members (excludes halogenated alkanes) is 2. The van der Waals surface area contributed by atoms with Gasteiger partial charge in [0.25, 0.3) is 0 Å². The van der Waals surface area contributed by atoms with E-state index in [0.29, 0.717) is 11.6 Å². The Morgan fingerprint density at radius 1 is 0.786 bits per heavy atom. The predicted molar refractivity (Wildman–Crippen MR) is 98.5 cm³/mol. The van der Waals surface area contributed by atoms with Crippen LogP contribution in [0.25, 0.3) is 6.08 Å². The second kappa shape index (κ2) is 9.80. The molecule has 0 spiro atoms. The first-order valence-electron chi connectivity index (χ1n) is 9.21. The quantitative estimate of drug-likeness (QED) is 0.325. The minimum atomic E-state index is -4.65. The largest absolute Gasteiger partial charge is 0.409 e. The molecule has 0 unspecified atom stereocenters. The Hall–Kier alpha value is -2.24. The Bertz CT molecular complexity index is 797. The zero-order valence-electron chi connectivity index (χ0n) is 15.6. The average Bonchev–Trinajstić information content (AvgIpc) is 2.59. The number of aryl methyl sites for hydroxylation is 3. The first-order chi connectivity index (χ1) is 13.2. The normalized spacial score (nSPS) is 12.1. The lowest BCUT2D eigenvalue weighted by Gasteiger charge is -2.08. The number of allylic oxidation sites excluding steroid dienone is 1. The van der Waals surface area contributed by atoms with E-state index in [0.717, 1.165) is 43.4 Å². The number of hydrogen-bond donors (Lipinski definition) is 0. The van der Waals surface area contributed by atoms with E-state index in [9.17, 15) is 26.3 Å². The van der Waals surface area contributed by atoms with Crippen LogP contribution in [0.4, 0.5) is 26.3 Å². The first-order valence-corrected chi connectivity index (χ1v) is 9.21. The molecule has 0 N–H and O–H groups in total. The fourth-order valence-electron chi connectivity index (χ4n) is 2.93. The third-order valence-electron chi connectivity index (χ3n) is 4.45. The Balaban J connectivity index is 2.05. The molecule has 2 aromatic carbocycles. The summed E-state index contributed by atoms with van der Waals surface area (Å²) in [5.74, 6) is -2.52. The molecule has 0 bridgehead atoms. The summed E-state index contributed by atoms with van der Waals surface area (Å²) in [5.41, 5.74) is 0.850. The van der Waals surface area contributed by atoms with Crippen LogP contribution >= 0.6 is 0 Å². The van der Waals surface area contributed by atoms with Crippen molar-refractivity contribution in [2.24, 2.45) is 0 Å². The van der Waals surface area contributed by atoms with Crippen LogP contribution in [0.15, 0.2) is 36.4 Å². The Labute approximate surface area is 160 Å². The van der Waals surface area contributed by atoms with Crippen LogP contribution in [0.1, 0.15) is 48.4 Å². The molecule has 6 heteroatoms. The van der Waals surface area contributed by atoms with E-state index in [1.54, 1.807) is 6.07 Å². The molecule has 2 rings (SSSR count). The molecule has 0 aromatic heterocycles. The van der Waals surface area contributed by atoms with Crippen molar-refractivity contribution in [1.29, 1.82) is 0 Å². The van der Waals surface area contributed by atoms with Gasteiger partial charge in [0.1, 0.15) is 17.5 Å². The summed E-state index contributed by atoms with van der Waals surface area (Å²) in [6.07, 6.45) is -0.153. The van der Waals surface area contributed by atoms with Crippen molar-refractivity contribution in [2.75, 3.05) is 0 Å². The summed E-state index contributed by atoms with van der Waals surface area (Å²) in [5, 5.41) is 0. The molecule has 0 nitrogen and oxygen atoms in total. The van der Waals surface area contributed by atoms with E-state index in [1.165, 1.54) is 6.07 Å². The second-order valence-corrected chi connectivity index (χ2v) is 6.73. The number of hydrogen-bond acceptors (Lipinski definition) is 0. The summed E-state index contributed by atoms with van der Waals surface area (Å²) in [6.45, 7) is 2.09. The lowest BCUT2D eigenvalue weighted by atomic mass is 9.99. The second-order valence-electron chi connectivity index (χ2n) is 6.73. The third kappa shape index (κ3) is 6.73. The van der Waals surface area contributed by atoms with Crippen molar-refractivity contribution in [2.45, 2.75) is 51.6 Å². The molecule has 0 fully saturated rings. The Kier molecular flexibility index (Phi) is 7.72. The highest BCUT2D eigenvalue weighted by Crippen LogP contribution is 2.23. The molecule has 0 saturated heterocycles. The summed E-state index contributed by atoms with van der Waals surface area (Å²) < 4.78 is 78.7. The van der Waals surface area contributed by atoms with Gasteiger partial charge in [0.05, 0.1) is 0 Å². The van der Waals surface area contributed by atoms with Crippen molar-refractivity contribution in [3.63, 3.8) is 0 Å². The van der Waals surface area contributed by atoms with E-state index in [4.69, 9.17) is 0 Å². The van der Waals surface area contributed by atoms with E-state index >= 15 is 0 Å². The van der Waals surface area contributed by atoms with Gasteiger partial charge in [0.2, 0.25) is 0 Å². The van der Waals surface area contributed by atoms with Gasteiger partial charge in [-0.1, -0.05) is 31.9 Å². The van der Waals surface area contributed by atoms with Crippen LogP contribution in [0.5, 0.6) is 0 Å². The molecule has 0 radical (unpaired) electrons. The molecular formula is C22H22F6. The van der Waals surface area contributed by atoms with Gasteiger partial charge in [-0.2, -0.15) is 13.2 Å². The van der Waals surface area contributed by atoms with Crippen LogP contribution in [-0.2, 0) is 19.3 Å². The number of rotatable bonds is 8. The molecular weight excluding hydrogens is 378 g/mol. The molecule has 0 aliphatic heterocycles. The Morgan fingerprint density at radius 3 is 2.00 bits per heavy atom. The van der Waals surface area contributed by atoms with E-state index in [2.05, 4.69) is 6.92 Å². The van der Waals surface area contributed by atoms with Gasteiger partial charge in [0, 0.05) is 11.6 Å². The minimum Gasteiger partial charge on any atom is -0.207 e. The minimum absolute atomic E-state index is 0.170. The maximum absolute atomic E-state index is 14.2. The van der Waals surface area contributed by atoms with Crippen molar-refractivity contribution < 1.29 is 26.3 Å². The lowest BCUT2D eigenvalue weighted by molar-refractivity contribution is -0.0790. The van der Waals surface area contributed by atoms with Crippen LogP contribution < -0.4 is 0 Å². The van der Waals surface area contributed by atoms with E-state index < -0.39 is 23.4 Å². The number of halogens is 6. The van der Waals surface area contributed by atoms with Crippen molar-refractivity contribution >= 4 is 6.08 Å². The van der Waals surface area contributed by atoms with Crippen LogP contribution in [0.2, 0.25) is 0 Å². The highest BCUT2D eigenvalue weighted by atomic mass is 19.4. The average molecular weight is 400 g/mol. The van der Waals surface area contributed by atoms with Crippen molar-refractivity contribution in [3.05, 3.63) is 76.1 Å². The maximum atomic E-state index is 14.2. The van der Waals surface area contributed by atoms with Gasteiger partial charge < -0.3 is 0 Å². The fourth-order valence-corrected chi connectivity index (χ4v) is 2.93. The molecule has 0 heterocycles. The van der Waals surface area contributed by atoms with Crippen LogP contribution in [0.3, 0.4) is 0 Å². The van der Waals surface area contributed by atoms with Gasteiger partial charge in [-0.25, -0.2) is 13.2 Å². The molecule has 28 heavy (non-hydrogen) atoms. The zero-order valence-corrected chi connectivity index (χ0v) is 15.6. The predicted octanol–water partition coefficient (Wildman–Crippen LogP) is 7.20. The van der Waals surface area contributed by atoms with E-state index in [1.807, 2.05) is 6.07 Å². The smallest absolute Gasteiger partial charge is 0.207 e. The molecule has 0 amide bonds. The van der Waals surface area contributed by atoms with Gasteiger partial charge in [-0.3, -0.25) is 0 Å². The molecule has 0 aliphatic carbocycles. The van der Waals surface area contributed by atoms with Gasteiger partial charge in [0.15, 0.2) is 0 Å². The number of alkyl halides is 3. The fraction of sp³-hybridized carbons (Fsp3) is 0.364. The molecule has 2 aromatic rings. The molecule has 0 atom stereocenters. The highest BCUT2D eigenvalue weighted by molar-refractivity contribution is 5.52. The lowest BCUT2D eigenvalue weighted by Crippen LogP contribution is -2.02. The molecule has 0 aliphatic rings. The standard InChI is InChI=1S/C22H22F6/c1-2-3-4-5-15-6-8-17(19(23)12-15)9-7-16-13-20(24)18(21(25)14-16)10-11-22(26,27)28/h6,8,10-14H,2-5,7,9H2,1H3. The van der Waals surface area contributed by atoms with Gasteiger partial charge >= 0.3 is 6.18 Å². The molecule has 152 valence electrons. The van der Waals surface area contributed by atoms with Crippen molar-refractivity contribution in [1.82, 2.24) is 0 Å². The summed E-state index contributed by atoms with van der Waals surface area (Å²) in [6, 6.07) is 6.97. The first kappa shape index (κ1) is 22.1. The summed E-state index contributed by atoms with van der Waals surface area (Å²) >= 11 is 0. The molecule has 0 saturated carbocycles. The zero-order chi connectivity index (χ0) is 20.7. The third-order valence-corrected chi connectivity index (χ3v) is 4.45. The van der Waals surface area contributed by atoms with Gasteiger partial charge in [-0.05, 0) is 66.6 Å². The van der Waals surface area contributed by atoms with Crippen molar-refractivity contribution in [3.8, 4) is 0 Å². The van der Waals surface area contributed by atoms with E-state index in [-0.39, 0.29) is 30.3 Å². The number of benzene rings is 2. The maximum Gasteiger partial charge on any atom is 0.409 e. The van der Waals surface area contributed by atoms with Crippen LogP contribution in [-0.4, -0.2) is 6.18 Å². The van der Waals surface area contributed by atoms with Crippen LogP contribution in [0, 0.1) is 17.5 Å². The topological polar surface area (TPSA) is 0 Å². The summed E-state index contributed by atoms with van der Waals surface area (Å²) in [4.78, 5) is 0. The SMILES string of the molecule is CCCCCc1ccc(CCc2cc(F)c(C=CC(F)(F)F)c(F)c2)c(F)c1. The van der Waals surface area contributed by atoms with Gasteiger partial charge in [-0.15, -0.1) is 0 Å².